The standard InChI is InChI=1S/C18H16N6O2/c1-25-15-7-11-13(8-16(15)26-2)21-10-22-18(11)24-17(19)9-14(23-24)12-5-3-4-6-20-12/h3-10H,19H2,1-2H3. The average molecular weight is 348 g/mol. The summed E-state index contributed by atoms with van der Waals surface area (Å²) in [7, 11) is 3.16. The molecule has 0 aliphatic heterocycles. The number of hydrogen-bond acceptors (Lipinski definition) is 7. The van der Waals surface area contributed by atoms with Gasteiger partial charge in [-0.1, -0.05) is 6.07 Å². The van der Waals surface area contributed by atoms with E-state index in [-0.39, 0.29) is 0 Å². The Morgan fingerprint density at radius 2 is 1.73 bits per heavy atom. The van der Waals surface area contributed by atoms with E-state index >= 15 is 0 Å². The fourth-order valence-electron chi connectivity index (χ4n) is 2.74. The van der Waals surface area contributed by atoms with Gasteiger partial charge in [-0.3, -0.25) is 4.98 Å². The Morgan fingerprint density at radius 1 is 0.923 bits per heavy atom. The quantitative estimate of drug-likeness (QED) is 0.604. The summed E-state index contributed by atoms with van der Waals surface area (Å²) < 4.78 is 12.3. The fourth-order valence-corrected chi connectivity index (χ4v) is 2.74. The molecule has 4 rings (SSSR count). The SMILES string of the molecule is COc1cc2ncnc(-n3nc(-c4ccccn4)cc3N)c2cc1OC. The van der Waals surface area contributed by atoms with Crippen LogP contribution in [0.25, 0.3) is 28.1 Å². The van der Waals surface area contributed by atoms with Gasteiger partial charge in [-0.15, -0.1) is 0 Å². The summed E-state index contributed by atoms with van der Waals surface area (Å²) in [5, 5.41) is 5.31. The van der Waals surface area contributed by atoms with Crippen molar-refractivity contribution in [1.82, 2.24) is 24.7 Å². The molecule has 26 heavy (non-hydrogen) atoms. The Hall–Kier alpha value is -3.68. The summed E-state index contributed by atoms with van der Waals surface area (Å²) in [5.41, 5.74) is 8.28. The molecule has 0 aliphatic rings. The minimum absolute atomic E-state index is 0.445. The zero-order chi connectivity index (χ0) is 18.1. The molecule has 130 valence electrons. The number of benzene rings is 1. The number of nitrogens with zero attached hydrogens (tertiary/aromatic N) is 5. The topological polar surface area (TPSA) is 101 Å². The zero-order valence-electron chi connectivity index (χ0n) is 14.2. The van der Waals surface area contributed by atoms with Crippen molar-refractivity contribution in [3.05, 3.63) is 48.9 Å². The lowest BCUT2D eigenvalue weighted by Gasteiger charge is -2.11. The molecule has 0 radical (unpaired) electrons. The van der Waals surface area contributed by atoms with E-state index in [2.05, 4.69) is 20.1 Å². The van der Waals surface area contributed by atoms with E-state index in [0.29, 0.717) is 34.3 Å². The van der Waals surface area contributed by atoms with Gasteiger partial charge in [0.2, 0.25) is 0 Å². The minimum Gasteiger partial charge on any atom is -0.493 e. The minimum atomic E-state index is 0.445. The number of nitrogens with two attached hydrogens (primary N) is 1. The van der Waals surface area contributed by atoms with E-state index in [0.717, 1.165) is 11.1 Å². The lowest BCUT2D eigenvalue weighted by molar-refractivity contribution is 0.355. The van der Waals surface area contributed by atoms with E-state index < -0.39 is 0 Å². The van der Waals surface area contributed by atoms with Crippen LogP contribution in [-0.2, 0) is 0 Å². The highest BCUT2D eigenvalue weighted by Crippen LogP contribution is 2.33. The number of anilines is 1. The van der Waals surface area contributed by atoms with Crippen molar-refractivity contribution in [2.24, 2.45) is 0 Å². The number of ether oxygens (including phenoxy) is 2. The first-order chi connectivity index (χ1) is 12.7. The van der Waals surface area contributed by atoms with E-state index in [9.17, 15) is 0 Å². The second-order valence-corrected chi connectivity index (χ2v) is 5.50. The predicted octanol–water partition coefficient (Wildman–Crippen LogP) is 2.48. The molecular weight excluding hydrogens is 332 g/mol. The van der Waals surface area contributed by atoms with Crippen LogP contribution < -0.4 is 15.2 Å². The van der Waals surface area contributed by atoms with E-state index in [1.807, 2.05) is 24.3 Å². The number of methoxy groups -OCH3 is 2. The second kappa shape index (κ2) is 6.32. The molecule has 4 aromatic rings. The number of aromatic nitrogens is 5. The number of nitrogen functional groups attached to an aromatic ring is 1. The highest BCUT2D eigenvalue weighted by molar-refractivity contribution is 5.88. The number of fused-ring (bicyclic) bond motifs is 1. The van der Waals surface area contributed by atoms with E-state index in [1.165, 1.54) is 6.33 Å². The average Bonchev–Trinajstić information content (AvgIpc) is 3.08. The third-order valence-electron chi connectivity index (χ3n) is 3.98. The lowest BCUT2D eigenvalue weighted by atomic mass is 10.2. The molecule has 0 amide bonds. The molecule has 0 bridgehead atoms. The molecule has 8 heteroatoms. The Bertz CT molecular complexity index is 1080. The molecule has 0 saturated carbocycles. The highest BCUT2D eigenvalue weighted by Gasteiger charge is 2.16. The summed E-state index contributed by atoms with van der Waals surface area (Å²) >= 11 is 0. The van der Waals surface area contributed by atoms with Gasteiger partial charge in [0.05, 0.1) is 25.4 Å². The van der Waals surface area contributed by atoms with E-state index in [1.54, 1.807) is 37.2 Å². The molecule has 0 unspecified atom stereocenters. The van der Waals surface area contributed by atoms with Crippen LogP contribution in [0.1, 0.15) is 0 Å². The Labute approximate surface area is 149 Å². The van der Waals surface area contributed by atoms with Crippen molar-refractivity contribution in [2.75, 3.05) is 20.0 Å². The van der Waals surface area contributed by atoms with Crippen LogP contribution in [-0.4, -0.2) is 39.0 Å². The molecule has 8 nitrogen and oxygen atoms in total. The largest absolute Gasteiger partial charge is 0.493 e. The first kappa shape index (κ1) is 15.8. The van der Waals surface area contributed by atoms with Crippen molar-refractivity contribution in [2.45, 2.75) is 0 Å². The van der Waals surface area contributed by atoms with Gasteiger partial charge in [0, 0.05) is 23.7 Å². The molecule has 3 aromatic heterocycles. The van der Waals surface area contributed by atoms with Crippen molar-refractivity contribution < 1.29 is 9.47 Å². The third kappa shape index (κ3) is 2.57. The normalized spacial score (nSPS) is 10.8. The van der Waals surface area contributed by atoms with Crippen LogP contribution >= 0.6 is 0 Å². The smallest absolute Gasteiger partial charge is 0.167 e. The highest BCUT2D eigenvalue weighted by atomic mass is 16.5. The van der Waals surface area contributed by atoms with Gasteiger partial charge in [0.1, 0.15) is 17.8 Å². The van der Waals surface area contributed by atoms with Crippen LogP contribution in [0.2, 0.25) is 0 Å². The molecule has 2 N–H and O–H groups in total. The molecule has 0 aliphatic carbocycles. The Balaban J connectivity index is 1.91. The van der Waals surface area contributed by atoms with Crippen LogP contribution in [0.4, 0.5) is 5.82 Å². The Morgan fingerprint density at radius 3 is 2.46 bits per heavy atom. The predicted molar refractivity (Wildman–Crippen MR) is 97.4 cm³/mol. The van der Waals surface area contributed by atoms with Gasteiger partial charge in [0.25, 0.3) is 0 Å². The first-order valence-corrected chi connectivity index (χ1v) is 7.85. The lowest BCUT2D eigenvalue weighted by Crippen LogP contribution is -2.06. The van der Waals surface area contributed by atoms with Crippen molar-refractivity contribution in [1.29, 1.82) is 0 Å². The van der Waals surface area contributed by atoms with Crippen molar-refractivity contribution >= 4 is 16.7 Å². The van der Waals surface area contributed by atoms with E-state index in [4.69, 9.17) is 15.2 Å². The summed E-state index contributed by atoms with van der Waals surface area (Å²) in [6.07, 6.45) is 3.17. The second-order valence-electron chi connectivity index (χ2n) is 5.50. The summed E-state index contributed by atoms with van der Waals surface area (Å²) in [6, 6.07) is 11.0. The molecule has 0 spiro atoms. The first-order valence-electron chi connectivity index (χ1n) is 7.85. The van der Waals surface area contributed by atoms with Gasteiger partial charge in [0.15, 0.2) is 17.3 Å². The van der Waals surface area contributed by atoms with Crippen LogP contribution in [0.3, 0.4) is 0 Å². The number of hydrogen-bond donors (Lipinski definition) is 1. The maximum absolute atomic E-state index is 6.18. The molecular formula is C18H16N6O2. The molecule has 0 saturated heterocycles. The zero-order valence-corrected chi connectivity index (χ0v) is 14.2. The van der Waals surface area contributed by atoms with Gasteiger partial charge in [-0.05, 0) is 18.2 Å². The maximum Gasteiger partial charge on any atom is 0.167 e. The van der Waals surface area contributed by atoms with Gasteiger partial charge >= 0.3 is 0 Å². The van der Waals surface area contributed by atoms with Crippen molar-refractivity contribution in [3.8, 4) is 28.7 Å². The Kier molecular flexibility index (Phi) is 3.85. The number of rotatable bonds is 4. The van der Waals surface area contributed by atoms with Crippen LogP contribution in [0.5, 0.6) is 11.5 Å². The monoisotopic (exact) mass is 348 g/mol. The molecule has 0 atom stereocenters. The number of pyridine rings is 1. The van der Waals surface area contributed by atoms with Gasteiger partial charge in [-0.25, -0.2) is 9.97 Å². The third-order valence-corrected chi connectivity index (χ3v) is 3.98. The molecule has 1 aromatic carbocycles. The molecule has 3 heterocycles. The van der Waals surface area contributed by atoms with Crippen LogP contribution in [0, 0.1) is 0 Å². The van der Waals surface area contributed by atoms with Crippen molar-refractivity contribution in [3.63, 3.8) is 0 Å². The van der Waals surface area contributed by atoms with Gasteiger partial charge in [-0.2, -0.15) is 9.78 Å². The maximum atomic E-state index is 6.18. The summed E-state index contributed by atoms with van der Waals surface area (Å²) in [4.78, 5) is 13.0. The summed E-state index contributed by atoms with van der Waals surface area (Å²) in [5.74, 6) is 2.16. The fraction of sp³-hybridized carbons (Fsp3) is 0.111. The molecule has 0 fully saturated rings. The van der Waals surface area contributed by atoms with Crippen LogP contribution in [0.15, 0.2) is 48.9 Å². The van der Waals surface area contributed by atoms with Gasteiger partial charge < -0.3 is 15.2 Å². The summed E-state index contributed by atoms with van der Waals surface area (Å²) in [6.45, 7) is 0.